The molecule has 2 aliphatic rings. The fraction of sp³-hybridized carbons (Fsp3) is 0.441. The number of carbonyl (C=O) groups is 1. The maximum atomic E-state index is 12.4. The van der Waals surface area contributed by atoms with Crippen molar-refractivity contribution < 1.29 is 18.9 Å². The number of benzene rings is 3. The Kier molecular flexibility index (Phi) is 9.51. The molecule has 2 heterocycles. The van der Waals surface area contributed by atoms with Crippen LogP contribution in [0.5, 0.6) is 5.75 Å². The SMILES string of the molecule is CC(C)(C)[Si](OCCOc1ccc(N2CCC(N3CCCCC3=O)CC2)c([N+](=O)[O-])c1)(c1ccccc1)c1ccccc1. The van der Waals surface area contributed by atoms with Gasteiger partial charge in [0, 0.05) is 32.1 Å². The van der Waals surface area contributed by atoms with E-state index in [0.29, 0.717) is 37.6 Å². The zero-order valence-corrected chi connectivity index (χ0v) is 26.5. The van der Waals surface area contributed by atoms with Gasteiger partial charge in [0.25, 0.3) is 14.0 Å². The fourth-order valence-corrected chi connectivity index (χ4v) is 11.3. The first-order valence-electron chi connectivity index (χ1n) is 15.4. The predicted octanol–water partition coefficient (Wildman–Crippen LogP) is 5.53. The van der Waals surface area contributed by atoms with Crippen LogP contribution in [-0.4, -0.2) is 62.9 Å². The number of rotatable bonds is 10. The minimum absolute atomic E-state index is 0.0397. The van der Waals surface area contributed by atoms with Gasteiger partial charge in [-0.3, -0.25) is 14.9 Å². The molecule has 2 saturated heterocycles. The van der Waals surface area contributed by atoms with Crippen molar-refractivity contribution >= 4 is 36.0 Å². The molecule has 1 amide bonds. The van der Waals surface area contributed by atoms with Gasteiger partial charge >= 0.3 is 0 Å². The average molecular weight is 602 g/mol. The molecule has 0 N–H and O–H groups in total. The van der Waals surface area contributed by atoms with Gasteiger partial charge in [0.05, 0.1) is 17.6 Å². The van der Waals surface area contributed by atoms with Crippen molar-refractivity contribution in [2.45, 2.75) is 64.0 Å². The van der Waals surface area contributed by atoms with Crippen molar-refractivity contribution in [2.75, 3.05) is 37.7 Å². The molecule has 0 unspecified atom stereocenters. The van der Waals surface area contributed by atoms with Crippen LogP contribution in [0.25, 0.3) is 0 Å². The molecule has 43 heavy (non-hydrogen) atoms. The van der Waals surface area contributed by atoms with Crippen LogP contribution in [0.1, 0.15) is 52.9 Å². The Balaban J connectivity index is 1.26. The van der Waals surface area contributed by atoms with E-state index in [1.807, 2.05) is 23.1 Å². The second kappa shape index (κ2) is 13.3. The third-order valence-corrected chi connectivity index (χ3v) is 13.9. The quantitative estimate of drug-likeness (QED) is 0.132. The van der Waals surface area contributed by atoms with E-state index in [1.165, 1.54) is 16.4 Å². The van der Waals surface area contributed by atoms with Gasteiger partial charge in [-0.25, -0.2) is 0 Å². The number of nitrogens with zero attached hydrogens (tertiary/aromatic N) is 3. The van der Waals surface area contributed by atoms with E-state index >= 15 is 0 Å². The van der Waals surface area contributed by atoms with Gasteiger partial charge in [0.2, 0.25) is 5.91 Å². The summed E-state index contributed by atoms with van der Waals surface area (Å²) in [4.78, 5) is 28.3. The molecule has 0 saturated carbocycles. The van der Waals surface area contributed by atoms with Crippen molar-refractivity contribution in [3.05, 3.63) is 89.0 Å². The van der Waals surface area contributed by atoms with E-state index in [-0.39, 0.29) is 34.2 Å². The molecule has 0 bridgehead atoms. The minimum Gasteiger partial charge on any atom is -0.491 e. The number of hydrogen-bond acceptors (Lipinski definition) is 6. The van der Waals surface area contributed by atoms with Crippen molar-refractivity contribution in [2.24, 2.45) is 0 Å². The Hall–Kier alpha value is -3.69. The van der Waals surface area contributed by atoms with Crippen LogP contribution < -0.4 is 20.0 Å². The first-order valence-corrected chi connectivity index (χ1v) is 17.3. The monoisotopic (exact) mass is 601 g/mol. The molecule has 0 spiro atoms. The van der Waals surface area contributed by atoms with Crippen LogP contribution in [0, 0.1) is 10.1 Å². The second-order valence-corrected chi connectivity index (χ2v) is 16.8. The molecule has 0 aromatic heterocycles. The fourth-order valence-electron chi connectivity index (χ4n) is 6.75. The number of nitro groups is 1. The summed E-state index contributed by atoms with van der Waals surface area (Å²) in [6.45, 7) is 9.51. The van der Waals surface area contributed by atoms with Gasteiger partial charge in [0.15, 0.2) is 0 Å². The molecule has 0 radical (unpaired) electrons. The third kappa shape index (κ3) is 6.62. The molecular formula is C34H43N3O5Si. The Morgan fingerprint density at radius 2 is 1.51 bits per heavy atom. The number of piperidine rings is 2. The van der Waals surface area contributed by atoms with Crippen LogP contribution in [0.3, 0.4) is 0 Å². The van der Waals surface area contributed by atoms with Crippen LogP contribution in [-0.2, 0) is 9.22 Å². The van der Waals surface area contributed by atoms with E-state index in [0.717, 1.165) is 32.2 Å². The van der Waals surface area contributed by atoms with Crippen molar-refractivity contribution in [3.8, 4) is 5.75 Å². The highest BCUT2D eigenvalue weighted by Crippen LogP contribution is 2.37. The summed E-state index contributed by atoms with van der Waals surface area (Å²) in [6.07, 6.45) is 4.31. The molecule has 8 nitrogen and oxygen atoms in total. The lowest BCUT2D eigenvalue weighted by Gasteiger charge is -2.43. The smallest absolute Gasteiger partial charge is 0.296 e. The molecule has 228 valence electrons. The summed E-state index contributed by atoms with van der Waals surface area (Å²) in [5.41, 5.74) is 0.641. The Bertz CT molecular complexity index is 1350. The molecule has 0 aliphatic carbocycles. The molecule has 5 rings (SSSR count). The van der Waals surface area contributed by atoms with Gasteiger partial charge in [-0.15, -0.1) is 0 Å². The summed E-state index contributed by atoms with van der Waals surface area (Å²) in [6, 6.07) is 26.2. The summed E-state index contributed by atoms with van der Waals surface area (Å²) in [7, 11) is -2.69. The van der Waals surface area contributed by atoms with Crippen molar-refractivity contribution in [3.63, 3.8) is 0 Å². The van der Waals surface area contributed by atoms with E-state index in [1.54, 1.807) is 6.07 Å². The highest BCUT2D eigenvalue weighted by atomic mass is 28.4. The lowest BCUT2D eigenvalue weighted by atomic mass is 9.99. The Labute approximate surface area is 255 Å². The van der Waals surface area contributed by atoms with Crippen molar-refractivity contribution in [1.29, 1.82) is 0 Å². The number of amides is 1. The number of ether oxygens (including phenoxy) is 1. The zero-order valence-electron chi connectivity index (χ0n) is 25.5. The lowest BCUT2D eigenvalue weighted by Crippen LogP contribution is -2.66. The van der Waals surface area contributed by atoms with Gasteiger partial charge in [-0.05, 0) is 53.2 Å². The van der Waals surface area contributed by atoms with Crippen LogP contribution in [0.4, 0.5) is 11.4 Å². The largest absolute Gasteiger partial charge is 0.491 e. The standard InChI is InChI=1S/C34H43N3O5Si/c1-34(2,3)43(29-12-6-4-7-13-29,30-14-8-5-9-15-30)42-25-24-41-28-17-18-31(32(26-28)37(39)40)35-22-19-27(20-23-35)36-21-11-10-16-33(36)38/h4-9,12-15,17-18,26-27H,10-11,16,19-25H2,1-3H3. The molecule has 3 aromatic rings. The number of anilines is 1. The van der Waals surface area contributed by atoms with Gasteiger partial charge in [-0.1, -0.05) is 81.4 Å². The predicted molar refractivity (Wildman–Crippen MR) is 173 cm³/mol. The number of carbonyl (C=O) groups excluding carboxylic acids is 1. The van der Waals surface area contributed by atoms with E-state index in [9.17, 15) is 14.9 Å². The Morgan fingerprint density at radius 3 is 2.07 bits per heavy atom. The molecular weight excluding hydrogens is 558 g/mol. The maximum absolute atomic E-state index is 12.4. The zero-order chi connectivity index (χ0) is 30.5. The van der Waals surface area contributed by atoms with Crippen molar-refractivity contribution in [1.82, 2.24) is 4.90 Å². The molecule has 2 fully saturated rings. The van der Waals surface area contributed by atoms with Crippen LogP contribution in [0.15, 0.2) is 78.9 Å². The molecule has 9 heteroatoms. The normalized spacial score (nSPS) is 16.8. The number of likely N-dealkylation sites (tertiary alicyclic amines) is 1. The summed E-state index contributed by atoms with van der Waals surface area (Å²) in [5, 5.41) is 14.4. The Morgan fingerprint density at radius 1 is 0.884 bits per heavy atom. The number of nitro benzene ring substituents is 1. The molecule has 2 aliphatic heterocycles. The number of hydrogen-bond donors (Lipinski definition) is 0. The second-order valence-electron chi connectivity index (χ2n) is 12.5. The highest BCUT2D eigenvalue weighted by molar-refractivity contribution is 6.99. The molecule has 3 aromatic carbocycles. The van der Waals surface area contributed by atoms with Gasteiger partial charge in [0.1, 0.15) is 18.0 Å². The van der Waals surface area contributed by atoms with Crippen LogP contribution in [0.2, 0.25) is 5.04 Å². The lowest BCUT2D eigenvalue weighted by molar-refractivity contribution is -0.384. The summed E-state index contributed by atoms with van der Waals surface area (Å²) in [5.74, 6) is 0.700. The first kappa shape index (κ1) is 30.8. The first-order chi connectivity index (χ1) is 20.7. The maximum Gasteiger partial charge on any atom is 0.296 e. The van der Waals surface area contributed by atoms with E-state index in [4.69, 9.17) is 9.16 Å². The van der Waals surface area contributed by atoms with Crippen LogP contribution >= 0.6 is 0 Å². The minimum atomic E-state index is -2.69. The topological polar surface area (TPSA) is 85.2 Å². The van der Waals surface area contributed by atoms with E-state index in [2.05, 4.69) is 74.2 Å². The van der Waals surface area contributed by atoms with E-state index < -0.39 is 8.32 Å². The highest BCUT2D eigenvalue weighted by Gasteiger charge is 2.50. The summed E-state index contributed by atoms with van der Waals surface area (Å²) < 4.78 is 13.0. The average Bonchev–Trinajstić information content (AvgIpc) is 3.02. The van der Waals surface area contributed by atoms with Gasteiger partial charge in [-0.2, -0.15) is 0 Å². The molecule has 0 atom stereocenters. The third-order valence-electron chi connectivity index (χ3n) is 8.84. The summed E-state index contributed by atoms with van der Waals surface area (Å²) >= 11 is 0. The van der Waals surface area contributed by atoms with Gasteiger partial charge < -0.3 is 19.0 Å².